The van der Waals surface area contributed by atoms with Crippen LogP contribution in [-0.4, -0.2) is 29.0 Å². The zero-order chi connectivity index (χ0) is 19.5. The predicted octanol–water partition coefficient (Wildman–Crippen LogP) is 3.34. The number of fused-ring (bicyclic) bond motifs is 1. The van der Waals surface area contributed by atoms with Gasteiger partial charge < -0.3 is 15.2 Å². The second-order valence-corrected chi connectivity index (χ2v) is 7.23. The average molecular weight is 376 g/mol. The molecule has 2 aromatic carbocycles. The molecule has 1 aliphatic heterocycles. The van der Waals surface area contributed by atoms with Crippen molar-refractivity contribution in [1.29, 1.82) is 0 Å². The minimum absolute atomic E-state index is 0.00818. The van der Waals surface area contributed by atoms with Gasteiger partial charge in [-0.1, -0.05) is 31.2 Å². The van der Waals surface area contributed by atoms with Gasteiger partial charge in [-0.15, -0.1) is 0 Å². The van der Waals surface area contributed by atoms with Gasteiger partial charge >= 0.3 is 0 Å². The molecule has 0 saturated carbocycles. The molecule has 1 fully saturated rings. The number of benzene rings is 2. The third-order valence-corrected chi connectivity index (χ3v) is 5.30. The molecule has 28 heavy (non-hydrogen) atoms. The van der Waals surface area contributed by atoms with Gasteiger partial charge in [-0.25, -0.2) is 4.98 Å². The van der Waals surface area contributed by atoms with Gasteiger partial charge in [0.25, 0.3) is 5.56 Å². The highest BCUT2D eigenvalue weighted by atomic mass is 16.2. The normalized spacial score (nSPS) is 16.9. The van der Waals surface area contributed by atoms with Crippen molar-refractivity contribution in [2.24, 2.45) is 5.92 Å². The van der Waals surface area contributed by atoms with Crippen LogP contribution in [0.5, 0.6) is 0 Å². The number of aromatic amines is 1. The fraction of sp³-hybridized carbons (Fsp3) is 0.318. The monoisotopic (exact) mass is 376 g/mol. The number of H-pyrrole nitrogens is 1. The zero-order valence-corrected chi connectivity index (χ0v) is 15.9. The van der Waals surface area contributed by atoms with Gasteiger partial charge in [0.1, 0.15) is 0 Å². The molecular formula is C22H24N4O2. The molecule has 1 saturated heterocycles. The largest absolute Gasteiger partial charge is 0.351 e. The first-order valence-electron chi connectivity index (χ1n) is 9.78. The molecule has 1 aromatic heterocycles. The number of para-hydroxylation sites is 2. The Morgan fingerprint density at radius 3 is 2.79 bits per heavy atom. The van der Waals surface area contributed by atoms with E-state index in [2.05, 4.69) is 22.2 Å². The van der Waals surface area contributed by atoms with E-state index in [0.29, 0.717) is 12.4 Å². The predicted molar refractivity (Wildman–Crippen MR) is 112 cm³/mol. The third kappa shape index (κ3) is 3.76. The standard InChI is InChI=1S/C22H24N4O2/c1-2-15-9-11-17(12-10-15)23-21(27)16-6-5-13-26(14-16)20-22(28)25-19-8-4-3-7-18(19)24-20/h3-4,7-12,16H,2,5-6,13-14H2,1H3,(H,23,27)(H,25,28). The number of anilines is 2. The maximum Gasteiger partial charge on any atom is 0.291 e. The topological polar surface area (TPSA) is 78.1 Å². The summed E-state index contributed by atoms with van der Waals surface area (Å²) in [5.74, 6) is 0.210. The lowest BCUT2D eigenvalue weighted by Crippen LogP contribution is -2.43. The highest BCUT2D eigenvalue weighted by molar-refractivity contribution is 5.93. The Morgan fingerprint density at radius 2 is 2.00 bits per heavy atom. The van der Waals surface area contributed by atoms with Crippen LogP contribution in [0.3, 0.4) is 0 Å². The molecule has 1 aliphatic rings. The number of carbonyl (C=O) groups excluding carboxylic acids is 1. The molecule has 6 nitrogen and oxygen atoms in total. The molecule has 3 aromatic rings. The van der Waals surface area contributed by atoms with E-state index < -0.39 is 0 Å². The maximum absolute atomic E-state index is 12.8. The summed E-state index contributed by atoms with van der Waals surface area (Å²) >= 11 is 0. The molecule has 1 unspecified atom stereocenters. The summed E-state index contributed by atoms with van der Waals surface area (Å²) in [4.78, 5) is 34.6. The van der Waals surface area contributed by atoms with Gasteiger partial charge in [-0.2, -0.15) is 0 Å². The molecule has 0 bridgehead atoms. The molecule has 1 atom stereocenters. The number of nitrogens with zero attached hydrogens (tertiary/aromatic N) is 2. The summed E-state index contributed by atoms with van der Waals surface area (Å²) in [6, 6.07) is 15.4. The van der Waals surface area contributed by atoms with Crippen LogP contribution >= 0.6 is 0 Å². The Balaban J connectivity index is 1.50. The van der Waals surface area contributed by atoms with Crippen molar-refractivity contribution in [3.63, 3.8) is 0 Å². The van der Waals surface area contributed by atoms with E-state index in [1.54, 1.807) is 0 Å². The first-order chi connectivity index (χ1) is 13.6. The van der Waals surface area contributed by atoms with E-state index in [-0.39, 0.29) is 17.4 Å². The minimum Gasteiger partial charge on any atom is -0.351 e. The second kappa shape index (κ2) is 7.84. The Kier molecular flexibility index (Phi) is 5.10. The quantitative estimate of drug-likeness (QED) is 0.732. The SMILES string of the molecule is CCc1ccc(NC(=O)C2CCCN(c3nc4ccccc4[nH]c3=O)C2)cc1. The van der Waals surface area contributed by atoms with Crippen LogP contribution < -0.4 is 15.8 Å². The number of aryl methyl sites for hydroxylation is 1. The van der Waals surface area contributed by atoms with E-state index in [1.807, 2.05) is 53.4 Å². The number of hydrogen-bond acceptors (Lipinski definition) is 4. The van der Waals surface area contributed by atoms with E-state index >= 15 is 0 Å². The van der Waals surface area contributed by atoms with E-state index in [0.717, 1.165) is 42.5 Å². The van der Waals surface area contributed by atoms with Crippen LogP contribution in [0.25, 0.3) is 11.0 Å². The molecule has 4 rings (SSSR count). The van der Waals surface area contributed by atoms with Gasteiger partial charge in [0.15, 0.2) is 5.82 Å². The summed E-state index contributed by atoms with van der Waals surface area (Å²) in [6.07, 6.45) is 2.63. The number of aromatic nitrogens is 2. The fourth-order valence-corrected chi connectivity index (χ4v) is 3.69. The number of rotatable bonds is 4. The summed E-state index contributed by atoms with van der Waals surface area (Å²) in [5.41, 5.74) is 3.30. The second-order valence-electron chi connectivity index (χ2n) is 7.23. The summed E-state index contributed by atoms with van der Waals surface area (Å²) in [7, 11) is 0. The molecule has 2 heterocycles. The lowest BCUT2D eigenvalue weighted by Gasteiger charge is -2.32. The number of nitrogens with one attached hydrogen (secondary N) is 2. The molecule has 0 radical (unpaired) electrons. The van der Waals surface area contributed by atoms with Crippen LogP contribution in [0.4, 0.5) is 11.5 Å². The van der Waals surface area contributed by atoms with E-state index in [4.69, 9.17) is 0 Å². The van der Waals surface area contributed by atoms with Gasteiger partial charge in [0.2, 0.25) is 5.91 Å². The van der Waals surface area contributed by atoms with Crippen LogP contribution in [0.2, 0.25) is 0 Å². The molecule has 0 spiro atoms. The van der Waals surface area contributed by atoms with Crippen molar-refractivity contribution in [3.05, 3.63) is 64.4 Å². The van der Waals surface area contributed by atoms with E-state index in [1.165, 1.54) is 5.56 Å². The summed E-state index contributed by atoms with van der Waals surface area (Å²) in [5, 5.41) is 3.01. The lowest BCUT2D eigenvalue weighted by molar-refractivity contribution is -0.120. The number of amides is 1. The minimum atomic E-state index is -0.213. The zero-order valence-electron chi connectivity index (χ0n) is 15.9. The van der Waals surface area contributed by atoms with Crippen molar-refractivity contribution in [2.75, 3.05) is 23.3 Å². The van der Waals surface area contributed by atoms with Gasteiger partial charge in [0.05, 0.1) is 17.0 Å². The summed E-state index contributed by atoms with van der Waals surface area (Å²) < 4.78 is 0. The summed E-state index contributed by atoms with van der Waals surface area (Å²) in [6.45, 7) is 3.32. The first kappa shape index (κ1) is 18.2. The van der Waals surface area contributed by atoms with Crippen molar-refractivity contribution >= 4 is 28.4 Å². The van der Waals surface area contributed by atoms with Crippen molar-refractivity contribution in [2.45, 2.75) is 26.2 Å². The highest BCUT2D eigenvalue weighted by Gasteiger charge is 2.28. The molecule has 144 valence electrons. The Bertz CT molecular complexity index is 1040. The molecular weight excluding hydrogens is 352 g/mol. The Hall–Kier alpha value is -3.15. The van der Waals surface area contributed by atoms with Crippen LogP contribution in [0, 0.1) is 5.92 Å². The molecule has 2 N–H and O–H groups in total. The smallest absolute Gasteiger partial charge is 0.291 e. The molecule has 6 heteroatoms. The third-order valence-electron chi connectivity index (χ3n) is 5.30. The van der Waals surface area contributed by atoms with E-state index in [9.17, 15) is 9.59 Å². The van der Waals surface area contributed by atoms with Crippen LogP contribution in [-0.2, 0) is 11.2 Å². The lowest BCUT2D eigenvalue weighted by atomic mass is 9.97. The fourth-order valence-electron chi connectivity index (χ4n) is 3.69. The van der Waals surface area contributed by atoms with Crippen LogP contribution in [0.1, 0.15) is 25.3 Å². The van der Waals surface area contributed by atoms with Crippen LogP contribution in [0.15, 0.2) is 53.3 Å². The molecule has 0 aliphatic carbocycles. The van der Waals surface area contributed by atoms with Crippen molar-refractivity contribution in [1.82, 2.24) is 9.97 Å². The maximum atomic E-state index is 12.8. The van der Waals surface area contributed by atoms with Crippen molar-refractivity contribution in [3.8, 4) is 0 Å². The Labute approximate surface area is 163 Å². The number of carbonyl (C=O) groups is 1. The Morgan fingerprint density at radius 1 is 1.21 bits per heavy atom. The average Bonchev–Trinajstić information content (AvgIpc) is 2.74. The first-order valence-corrected chi connectivity index (χ1v) is 9.78. The van der Waals surface area contributed by atoms with Gasteiger partial charge in [-0.05, 0) is 49.1 Å². The highest BCUT2D eigenvalue weighted by Crippen LogP contribution is 2.22. The number of hydrogen-bond donors (Lipinski definition) is 2. The number of piperidine rings is 1. The molecule has 1 amide bonds. The van der Waals surface area contributed by atoms with Gasteiger partial charge in [0, 0.05) is 18.8 Å². The van der Waals surface area contributed by atoms with Gasteiger partial charge in [-0.3, -0.25) is 9.59 Å². The van der Waals surface area contributed by atoms with Crippen molar-refractivity contribution < 1.29 is 4.79 Å².